The highest BCUT2D eigenvalue weighted by Crippen LogP contribution is 2.31. The van der Waals surface area contributed by atoms with E-state index in [2.05, 4.69) is 40.4 Å². The van der Waals surface area contributed by atoms with Crippen molar-refractivity contribution < 1.29 is 4.39 Å². The van der Waals surface area contributed by atoms with Gasteiger partial charge in [0, 0.05) is 42.3 Å². The SMILES string of the molecule is Nc1nc(Nc2ccc(N3CCC(N4CCCC4)CC3)c(F)c2)nn1-c1cc2c(nn1)-c1cccnc1CCC2. The van der Waals surface area contributed by atoms with E-state index in [1.54, 1.807) is 0 Å². The monoisotopic (exact) mass is 540 g/mol. The molecule has 5 heterocycles. The number of rotatable bonds is 5. The highest BCUT2D eigenvalue weighted by molar-refractivity contribution is 5.67. The van der Waals surface area contributed by atoms with Crippen molar-refractivity contribution >= 4 is 23.3 Å². The summed E-state index contributed by atoms with van der Waals surface area (Å²) in [5.74, 6) is 0.666. The Hall–Kier alpha value is -4.12. The molecule has 3 aliphatic rings. The Labute approximate surface area is 232 Å². The van der Waals surface area contributed by atoms with Gasteiger partial charge in [-0.15, -0.1) is 15.3 Å². The van der Waals surface area contributed by atoms with E-state index >= 15 is 4.39 Å². The maximum Gasteiger partial charge on any atom is 0.248 e. The van der Waals surface area contributed by atoms with E-state index in [9.17, 15) is 0 Å². The number of nitrogens with two attached hydrogens (primary N) is 1. The van der Waals surface area contributed by atoms with Gasteiger partial charge in [-0.25, -0.2) is 4.39 Å². The zero-order valence-corrected chi connectivity index (χ0v) is 22.4. The number of likely N-dealkylation sites (tertiary alicyclic amines) is 1. The normalized spacial score (nSPS) is 17.9. The Morgan fingerprint density at radius 1 is 0.950 bits per heavy atom. The summed E-state index contributed by atoms with van der Waals surface area (Å²) < 4.78 is 16.7. The second-order valence-corrected chi connectivity index (χ2v) is 10.9. The summed E-state index contributed by atoms with van der Waals surface area (Å²) in [6.45, 7) is 4.16. The first-order valence-electron chi connectivity index (χ1n) is 14.2. The van der Waals surface area contributed by atoms with Crippen LogP contribution in [0.15, 0.2) is 42.6 Å². The van der Waals surface area contributed by atoms with Crippen molar-refractivity contribution in [2.75, 3.05) is 42.1 Å². The molecular formula is C29H33FN10. The molecule has 0 bridgehead atoms. The van der Waals surface area contributed by atoms with Crippen molar-refractivity contribution in [1.82, 2.24) is 34.8 Å². The van der Waals surface area contributed by atoms with Gasteiger partial charge < -0.3 is 20.9 Å². The number of anilines is 4. The summed E-state index contributed by atoms with van der Waals surface area (Å²) in [6, 6.07) is 11.7. The molecule has 0 radical (unpaired) electrons. The fourth-order valence-electron chi connectivity index (χ4n) is 6.33. The van der Waals surface area contributed by atoms with E-state index in [4.69, 9.17) is 5.73 Å². The molecule has 0 atom stereocenters. The van der Waals surface area contributed by atoms with Gasteiger partial charge in [0.15, 0.2) is 5.82 Å². The predicted molar refractivity (Wildman–Crippen MR) is 152 cm³/mol. The van der Waals surface area contributed by atoms with Gasteiger partial charge in [0.2, 0.25) is 11.9 Å². The van der Waals surface area contributed by atoms with Gasteiger partial charge >= 0.3 is 0 Å². The van der Waals surface area contributed by atoms with Crippen LogP contribution in [-0.2, 0) is 12.8 Å². The number of nitrogen functional groups attached to an aromatic ring is 1. The molecule has 0 saturated carbocycles. The molecule has 1 aliphatic carbocycles. The molecule has 7 rings (SSSR count). The molecule has 3 N–H and O–H groups in total. The third-order valence-electron chi connectivity index (χ3n) is 8.38. The van der Waals surface area contributed by atoms with Crippen molar-refractivity contribution in [3.05, 3.63) is 59.7 Å². The van der Waals surface area contributed by atoms with Crippen LogP contribution in [0, 0.1) is 5.82 Å². The number of benzene rings is 1. The van der Waals surface area contributed by atoms with E-state index in [1.807, 2.05) is 36.5 Å². The van der Waals surface area contributed by atoms with Gasteiger partial charge in [-0.2, -0.15) is 9.67 Å². The Bertz CT molecular complexity index is 1520. The van der Waals surface area contributed by atoms with Crippen molar-refractivity contribution in [1.29, 1.82) is 0 Å². The van der Waals surface area contributed by atoms with Crippen LogP contribution in [0.1, 0.15) is 43.4 Å². The summed E-state index contributed by atoms with van der Waals surface area (Å²) >= 11 is 0. The smallest absolute Gasteiger partial charge is 0.248 e. The van der Waals surface area contributed by atoms with Crippen LogP contribution >= 0.6 is 0 Å². The Kier molecular flexibility index (Phi) is 6.51. The van der Waals surface area contributed by atoms with Gasteiger partial charge in [0.05, 0.1) is 11.4 Å². The van der Waals surface area contributed by atoms with E-state index in [0.717, 1.165) is 67.7 Å². The molecule has 0 amide bonds. The topological polar surface area (TPSA) is 114 Å². The number of fused-ring (bicyclic) bond motifs is 3. The molecule has 1 aromatic carbocycles. The van der Waals surface area contributed by atoms with Crippen molar-refractivity contribution in [2.24, 2.45) is 0 Å². The largest absolute Gasteiger partial charge is 0.369 e. The van der Waals surface area contributed by atoms with Crippen LogP contribution in [0.5, 0.6) is 0 Å². The van der Waals surface area contributed by atoms with Gasteiger partial charge in [-0.05, 0) is 100.0 Å². The zero-order chi connectivity index (χ0) is 27.1. The van der Waals surface area contributed by atoms with Crippen molar-refractivity contribution in [2.45, 2.75) is 51.0 Å². The molecular weight excluding hydrogens is 507 g/mol. The molecule has 2 saturated heterocycles. The van der Waals surface area contributed by atoms with Crippen LogP contribution < -0.4 is 16.0 Å². The molecule has 11 heteroatoms. The molecule has 0 spiro atoms. The number of aromatic nitrogens is 6. The van der Waals surface area contributed by atoms with Crippen molar-refractivity contribution in [3.63, 3.8) is 0 Å². The summed E-state index contributed by atoms with van der Waals surface area (Å²) in [5, 5.41) is 16.5. The van der Waals surface area contributed by atoms with Gasteiger partial charge in [0.1, 0.15) is 5.82 Å². The lowest BCUT2D eigenvalue weighted by molar-refractivity contribution is 0.207. The van der Waals surface area contributed by atoms with E-state index in [-0.39, 0.29) is 17.7 Å². The maximum atomic E-state index is 15.2. The first-order chi connectivity index (χ1) is 19.6. The third kappa shape index (κ3) is 4.74. The summed E-state index contributed by atoms with van der Waals surface area (Å²) in [7, 11) is 0. The Morgan fingerprint density at radius 2 is 1.80 bits per heavy atom. The highest BCUT2D eigenvalue weighted by atomic mass is 19.1. The fraction of sp³-hybridized carbons (Fsp3) is 0.414. The molecule has 2 fully saturated rings. The average Bonchev–Trinajstić information content (AvgIpc) is 3.59. The minimum Gasteiger partial charge on any atom is -0.369 e. The molecule has 2 aliphatic heterocycles. The molecule has 40 heavy (non-hydrogen) atoms. The summed E-state index contributed by atoms with van der Waals surface area (Å²) in [4.78, 5) is 13.6. The van der Waals surface area contributed by atoms with Gasteiger partial charge in [-0.3, -0.25) is 4.98 Å². The molecule has 206 valence electrons. The Balaban J connectivity index is 1.06. The molecule has 3 aromatic heterocycles. The number of hydrogen-bond acceptors (Lipinski definition) is 9. The van der Waals surface area contributed by atoms with Crippen molar-refractivity contribution in [3.8, 4) is 17.1 Å². The van der Waals surface area contributed by atoms with Crippen LogP contribution in [0.25, 0.3) is 17.1 Å². The lowest BCUT2D eigenvalue weighted by Gasteiger charge is -2.37. The number of nitrogens with zero attached hydrogens (tertiary/aromatic N) is 8. The van der Waals surface area contributed by atoms with E-state index in [0.29, 0.717) is 23.2 Å². The van der Waals surface area contributed by atoms with Gasteiger partial charge in [0.25, 0.3) is 0 Å². The zero-order valence-electron chi connectivity index (χ0n) is 22.4. The number of hydrogen-bond donors (Lipinski definition) is 2. The quantitative estimate of drug-likeness (QED) is 0.386. The lowest BCUT2D eigenvalue weighted by atomic mass is 10.0. The lowest BCUT2D eigenvalue weighted by Crippen LogP contribution is -2.44. The average molecular weight is 541 g/mol. The second-order valence-electron chi connectivity index (χ2n) is 10.9. The highest BCUT2D eigenvalue weighted by Gasteiger charge is 2.27. The minimum atomic E-state index is -0.261. The second kappa shape index (κ2) is 10.5. The molecule has 4 aromatic rings. The maximum absolute atomic E-state index is 15.2. The first kappa shape index (κ1) is 24.9. The number of halogens is 1. The first-order valence-corrected chi connectivity index (χ1v) is 14.2. The van der Waals surface area contributed by atoms with Crippen LogP contribution in [0.3, 0.4) is 0 Å². The van der Waals surface area contributed by atoms with E-state index < -0.39 is 0 Å². The standard InChI is InChI=1S/C29H33FN10/c30-23-18-20(8-9-25(23)39-15-10-21(11-16-39)38-13-1-2-14-38)33-29-34-28(31)40(37-29)26-17-19-5-3-7-24-22(6-4-12-32-24)27(19)36-35-26/h4,6,8-9,12,17-18,21H,1-3,5,7,10-11,13-16H2,(H3,31,33,34,37). The Morgan fingerprint density at radius 3 is 2.62 bits per heavy atom. The number of pyridine rings is 1. The molecule has 0 unspecified atom stereocenters. The summed E-state index contributed by atoms with van der Waals surface area (Å²) in [5.41, 5.74) is 11.4. The fourth-order valence-corrected chi connectivity index (χ4v) is 6.33. The van der Waals surface area contributed by atoms with E-state index in [1.165, 1.54) is 36.7 Å². The summed E-state index contributed by atoms with van der Waals surface area (Å²) in [6.07, 6.45) is 9.30. The minimum absolute atomic E-state index is 0.172. The number of piperidine rings is 1. The third-order valence-corrected chi connectivity index (χ3v) is 8.38. The predicted octanol–water partition coefficient (Wildman–Crippen LogP) is 4.14. The van der Waals surface area contributed by atoms with Crippen LogP contribution in [0.2, 0.25) is 0 Å². The van der Waals surface area contributed by atoms with Gasteiger partial charge in [-0.1, -0.05) is 0 Å². The number of aryl methyl sites for hydroxylation is 2. The van der Waals surface area contributed by atoms with Crippen LogP contribution in [-0.4, -0.2) is 67.1 Å². The molecule has 10 nitrogen and oxygen atoms in total. The van der Waals surface area contributed by atoms with Crippen LogP contribution in [0.4, 0.5) is 27.7 Å². The number of nitrogens with one attached hydrogen (secondary N) is 1.